The van der Waals surface area contributed by atoms with E-state index in [0.717, 1.165) is 26.2 Å². The van der Waals surface area contributed by atoms with Gasteiger partial charge in [0.2, 0.25) is 0 Å². The highest BCUT2D eigenvalue weighted by atomic mass is 15.2. The Morgan fingerprint density at radius 2 is 1.86 bits per heavy atom. The van der Waals surface area contributed by atoms with E-state index < -0.39 is 0 Å². The fourth-order valence-corrected chi connectivity index (χ4v) is 3.02. The lowest BCUT2D eigenvalue weighted by Crippen LogP contribution is -2.51. The molecule has 4 heteroatoms. The normalized spacial score (nSPS) is 21.5. The smallest absolute Gasteiger partial charge is 0.0476 e. The molecule has 21 heavy (non-hydrogen) atoms. The molecule has 0 aliphatic carbocycles. The molecule has 1 heterocycles. The number of hydrogen-bond acceptors (Lipinski definition) is 4. The summed E-state index contributed by atoms with van der Waals surface area (Å²) in [6, 6.07) is 10.1. The molecule has 2 unspecified atom stereocenters. The zero-order valence-electron chi connectivity index (χ0n) is 14.1. The lowest BCUT2D eigenvalue weighted by Gasteiger charge is -2.39. The van der Waals surface area contributed by atoms with E-state index in [4.69, 9.17) is 0 Å². The first kappa shape index (κ1) is 16.3. The van der Waals surface area contributed by atoms with Crippen LogP contribution in [0.5, 0.6) is 0 Å². The van der Waals surface area contributed by atoms with Gasteiger partial charge in [-0.15, -0.1) is 0 Å². The zero-order valence-corrected chi connectivity index (χ0v) is 14.1. The first-order valence-electron chi connectivity index (χ1n) is 7.87. The predicted molar refractivity (Wildman–Crippen MR) is 91.1 cm³/mol. The van der Waals surface area contributed by atoms with Crippen molar-refractivity contribution in [1.82, 2.24) is 15.1 Å². The van der Waals surface area contributed by atoms with Crippen LogP contribution in [0.1, 0.15) is 18.5 Å². The van der Waals surface area contributed by atoms with Gasteiger partial charge in [-0.1, -0.05) is 12.1 Å². The monoisotopic (exact) mass is 290 g/mol. The van der Waals surface area contributed by atoms with Crippen molar-refractivity contribution in [1.29, 1.82) is 0 Å². The third-order valence-corrected chi connectivity index (χ3v) is 4.17. The summed E-state index contributed by atoms with van der Waals surface area (Å²) in [6.07, 6.45) is 0. The minimum absolute atomic E-state index is 0.473. The van der Waals surface area contributed by atoms with Gasteiger partial charge in [0.25, 0.3) is 0 Å². The Balaban J connectivity index is 2.18. The Morgan fingerprint density at radius 1 is 1.19 bits per heavy atom. The van der Waals surface area contributed by atoms with E-state index in [-0.39, 0.29) is 0 Å². The van der Waals surface area contributed by atoms with Crippen LogP contribution < -0.4 is 10.2 Å². The first-order chi connectivity index (χ1) is 9.97. The average molecular weight is 290 g/mol. The van der Waals surface area contributed by atoms with Crippen LogP contribution in [0.4, 0.5) is 5.69 Å². The van der Waals surface area contributed by atoms with E-state index in [1.54, 1.807) is 0 Å². The van der Waals surface area contributed by atoms with E-state index in [9.17, 15) is 0 Å². The molecule has 1 aromatic carbocycles. The van der Waals surface area contributed by atoms with Crippen LogP contribution in [-0.4, -0.2) is 70.2 Å². The van der Waals surface area contributed by atoms with E-state index in [1.807, 2.05) is 0 Å². The zero-order chi connectivity index (χ0) is 15.4. The van der Waals surface area contributed by atoms with Gasteiger partial charge in [0.05, 0.1) is 0 Å². The summed E-state index contributed by atoms with van der Waals surface area (Å²) in [5, 5.41) is 3.53. The number of piperazine rings is 1. The van der Waals surface area contributed by atoms with Crippen LogP contribution in [-0.2, 0) is 0 Å². The molecule has 2 atom stereocenters. The third kappa shape index (κ3) is 4.43. The largest absolute Gasteiger partial charge is 0.378 e. The summed E-state index contributed by atoms with van der Waals surface area (Å²) in [6.45, 7) is 6.66. The third-order valence-electron chi connectivity index (χ3n) is 4.17. The maximum atomic E-state index is 3.53. The lowest BCUT2D eigenvalue weighted by atomic mass is 10.0. The molecule has 4 nitrogen and oxygen atoms in total. The van der Waals surface area contributed by atoms with Crippen molar-refractivity contribution in [3.63, 3.8) is 0 Å². The standard InChI is InChI=1S/C17H30N4/c1-14-12-21(11-10-18-14)17(13-19(2)3)15-6-8-16(9-7-15)20(4)5/h6-9,14,17-18H,10-13H2,1-5H3. The summed E-state index contributed by atoms with van der Waals surface area (Å²) in [7, 11) is 8.49. The van der Waals surface area contributed by atoms with Gasteiger partial charge in [0.15, 0.2) is 0 Å². The number of likely N-dealkylation sites (N-methyl/N-ethyl adjacent to an activating group) is 1. The second-order valence-electron chi connectivity index (χ2n) is 6.61. The molecule has 118 valence electrons. The van der Waals surface area contributed by atoms with Gasteiger partial charge in [-0.2, -0.15) is 0 Å². The Hall–Kier alpha value is -1.10. The highest BCUT2D eigenvalue weighted by Crippen LogP contribution is 2.25. The van der Waals surface area contributed by atoms with Crippen molar-refractivity contribution in [2.24, 2.45) is 0 Å². The molecule has 0 saturated carbocycles. The van der Waals surface area contributed by atoms with Gasteiger partial charge < -0.3 is 15.1 Å². The second-order valence-corrected chi connectivity index (χ2v) is 6.61. The van der Waals surface area contributed by atoms with Crippen molar-refractivity contribution < 1.29 is 0 Å². The number of rotatable bonds is 5. The Bertz CT molecular complexity index is 427. The summed E-state index contributed by atoms with van der Waals surface area (Å²) >= 11 is 0. The minimum Gasteiger partial charge on any atom is -0.378 e. The van der Waals surface area contributed by atoms with Gasteiger partial charge in [-0.05, 0) is 38.7 Å². The fraction of sp³-hybridized carbons (Fsp3) is 0.647. The van der Waals surface area contributed by atoms with Gasteiger partial charge in [0, 0.05) is 58.0 Å². The van der Waals surface area contributed by atoms with Crippen LogP contribution in [0, 0.1) is 0 Å². The molecular formula is C17H30N4. The molecule has 1 fully saturated rings. The van der Waals surface area contributed by atoms with Crippen molar-refractivity contribution in [2.45, 2.75) is 19.0 Å². The Morgan fingerprint density at radius 3 is 2.38 bits per heavy atom. The summed E-state index contributed by atoms with van der Waals surface area (Å²) in [5.74, 6) is 0. The van der Waals surface area contributed by atoms with Crippen LogP contribution in [0.3, 0.4) is 0 Å². The molecule has 0 spiro atoms. The topological polar surface area (TPSA) is 21.8 Å². The van der Waals surface area contributed by atoms with Gasteiger partial charge in [-0.25, -0.2) is 0 Å². The SMILES string of the molecule is CC1CN(C(CN(C)C)c2ccc(N(C)C)cc2)CCN1. The average Bonchev–Trinajstić information content (AvgIpc) is 2.44. The minimum atomic E-state index is 0.473. The number of nitrogens with one attached hydrogen (secondary N) is 1. The molecule has 1 aromatic rings. The number of benzene rings is 1. The van der Waals surface area contributed by atoms with Crippen LogP contribution in [0.15, 0.2) is 24.3 Å². The molecule has 0 amide bonds. The second kappa shape index (κ2) is 7.25. The highest BCUT2D eigenvalue weighted by molar-refractivity contribution is 5.46. The molecular weight excluding hydrogens is 260 g/mol. The van der Waals surface area contributed by atoms with Gasteiger partial charge >= 0.3 is 0 Å². The van der Waals surface area contributed by atoms with Crippen molar-refractivity contribution in [3.05, 3.63) is 29.8 Å². The van der Waals surface area contributed by atoms with E-state index >= 15 is 0 Å². The molecule has 0 bridgehead atoms. The van der Waals surface area contributed by atoms with E-state index in [2.05, 4.69) is 79.4 Å². The van der Waals surface area contributed by atoms with Gasteiger partial charge in [0.1, 0.15) is 0 Å². The van der Waals surface area contributed by atoms with Gasteiger partial charge in [-0.3, -0.25) is 4.90 Å². The summed E-state index contributed by atoms with van der Waals surface area (Å²) < 4.78 is 0. The van der Waals surface area contributed by atoms with Crippen molar-refractivity contribution in [2.75, 3.05) is 59.3 Å². The number of anilines is 1. The number of hydrogen-bond donors (Lipinski definition) is 1. The molecule has 2 rings (SSSR count). The molecule has 1 aliphatic rings. The van der Waals surface area contributed by atoms with Crippen LogP contribution >= 0.6 is 0 Å². The molecule has 1 saturated heterocycles. The quantitative estimate of drug-likeness (QED) is 0.890. The van der Waals surface area contributed by atoms with Crippen LogP contribution in [0.2, 0.25) is 0 Å². The Labute approximate surface area is 129 Å². The van der Waals surface area contributed by atoms with Crippen molar-refractivity contribution in [3.8, 4) is 0 Å². The molecule has 0 aromatic heterocycles. The molecule has 1 aliphatic heterocycles. The maximum absolute atomic E-state index is 3.53. The predicted octanol–water partition coefficient (Wildman–Crippen LogP) is 1.65. The van der Waals surface area contributed by atoms with E-state index in [1.165, 1.54) is 11.3 Å². The first-order valence-corrected chi connectivity index (χ1v) is 7.87. The lowest BCUT2D eigenvalue weighted by molar-refractivity contribution is 0.125. The fourth-order valence-electron chi connectivity index (χ4n) is 3.02. The Kier molecular flexibility index (Phi) is 5.62. The molecule has 0 radical (unpaired) electrons. The molecule has 1 N–H and O–H groups in total. The van der Waals surface area contributed by atoms with E-state index in [0.29, 0.717) is 12.1 Å². The van der Waals surface area contributed by atoms with Crippen LogP contribution in [0.25, 0.3) is 0 Å². The highest BCUT2D eigenvalue weighted by Gasteiger charge is 2.25. The summed E-state index contributed by atoms with van der Waals surface area (Å²) in [4.78, 5) is 7.06. The summed E-state index contributed by atoms with van der Waals surface area (Å²) in [5.41, 5.74) is 2.68. The van der Waals surface area contributed by atoms with Crippen molar-refractivity contribution >= 4 is 5.69 Å². The maximum Gasteiger partial charge on any atom is 0.0476 e. The number of nitrogens with zero attached hydrogens (tertiary/aromatic N) is 3.